The molecule has 1 aliphatic carbocycles. The van der Waals surface area contributed by atoms with Crippen LogP contribution in [-0.2, 0) is 0 Å². The third-order valence-electron chi connectivity index (χ3n) is 3.17. The highest BCUT2D eigenvalue weighted by atomic mass is 16.3. The maximum Gasteiger partial charge on any atom is 0.0978 e. The van der Waals surface area contributed by atoms with E-state index in [4.69, 9.17) is 0 Å². The van der Waals surface area contributed by atoms with Gasteiger partial charge < -0.3 is 5.11 Å². The maximum atomic E-state index is 9.97. The lowest BCUT2D eigenvalue weighted by atomic mass is 9.99. The Morgan fingerprint density at radius 3 is 2.67 bits per heavy atom. The molecule has 1 heterocycles. The highest BCUT2D eigenvalue weighted by Crippen LogP contribution is 2.32. The third kappa shape index (κ3) is 2.75. The number of hydrogen-bond donors (Lipinski definition) is 1. The summed E-state index contributed by atoms with van der Waals surface area (Å²) in [7, 11) is 0. The summed E-state index contributed by atoms with van der Waals surface area (Å²) in [6.45, 7) is 1.90. The van der Waals surface area contributed by atoms with Crippen LogP contribution in [-0.4, -0.2) is 15.1 Å². The fourth-order valence-corrected chi connectivity index (χ4v) is 2.26. The van der Waals surface area contributed by atoms with Gasteiger partial charge in [0.25, 0.3) is 0 Å². The molecule has 1 saturated carbocycles. The van der Waals surface area contributed by atoms with Gasteiger partial charge in [-0.1, -0.05) is 25.7 Å². The van der Waals surface area contributed by atoms with Crippen LogP contribution in [0.4, 0.5) is 0 Å². The van der Waals surface area contributed by atoms with Crippen molar-refractivity contribution in [3.05, 3.63) is 23.8 Å². The number of aryl methyl sites for hydroxylation is 1. The zero-order valence-corrected chi connectivity index (χ0v) is 9.19. The van der Waals surface area contributed by atoms with Crippen LogP contribution in [0.2, 0.25) is 0 Å². The molecule has 1 unspecified atom stereocenters. The smallest absolute Gasteiger partial charge is 0.0978 e. The van der Waals surface area contributed by atoms with Crippen LogP contribution < -0.4 is 0 Å². The molecule has 0 aromatic carbocycles. The molecule has 0 bridgehead atoms. The highest BCUT2D eigenvalue weighted by Gasteiger charge is 2.20. The minimum atomic E-state index is -0.429. The zero-order valence-electron chi connectivity index (χ0n) is 9.19. The summed E-state index contributed by atoms with van der Waals surface area (Å²) in [5.74, 6) is 0.683. The molecular weight excluding hydrogens is 188 g/mol. The second-order valence-corrected chi connectivity index (χ2v) is 4.48. The van der Waals surface area contributed by atoms with Crippen molar-refractivity contribution in [2.45, 2.75) is 45.1 Å². The predicted octanol–water partition coefficient (Wildman–Crippen LogP) is 2.40. The van der Waals surface area contributed by atoms with E-state index >= 15 is 0 Å². The summed E-state index contributed by atoms with van der Waals surface area (Å²) in [5.41, 5.74) is 1.61. The van der Waals surface area contributed by atoms with Crippen LogP contribution in [0.15, 0.2) is 12.4 Å². The van der Waals surface area contributed by atoms with Crippen LogP contribution in [0.1, 0.15) is 49.6 Å². The van der Waals surface area contributed by atoms with E-state index in [2.05, 4.69) is 9.97 Å². The van der Waals surface area contributed by atoms with Crippen molar-refractivity contribution in [2.24, 2.45) is 5.92 Å². The Morgan fingerprint density at radius 1 is 1.33 bits per heavy atom. The molecule has 0 saturated heterocycles. The molecule has 0 radical (unpaired) electrons. The van der Waals surface area contributed by atoms with E-state index in [0.717, 1.165) is 12.1 Å². The average Bonchev–Trinajstić information content (AvgIpc) is 2.71. The van der Waals surface area contributed by atoms with Crippen LogP contribution in [0.25, 0.3) is 0 Å². The molecule has 2 rings (SSSR count). The van der Waals surface area contributed by atoms with E-state index < -0.39 is 6.10 Å². The fraction of sp³-hybridized carbons (Fsp3) is 0.667. The minimum absolute atomic E-state index is 0.429. The van der Waals surface area contributed by atoms with E-state index in [1.807, 2.05) is 6.92 Å². The Labute approximate surface area is 90.6 Å². The largest absolute Gasteiger partial charge is 0.387 e. The molecule has 0 amide bonds. The van der Waals surface area contributed by atoms with Gasteiger partial charge in [0.15, 0.2) is 0 Å². The SMILES string of the molecule is Cc1cnc(C(O)CC2CCCC2)cn1. The molecule has 0 aliphatic heterocycles. The van der Waals surface area contributed by atoms with Gasteiger partial charge in [0.1, 0.15) is 0 Å². The van der Waals surface area contributed by atoms with Crippen molar-refractivity contribution in [3.63, 3.8) is 0 Å². The first kappa shape index (κ1) is 10.6. The van der Waals surface area contributed by atoms with Gasteiger partial charge >= 0.3 is 0 Å². The lowest BCUT2D eigenvalue weighted by Crippen LogP contribution is -2.06. The van der Waals surface area contributed by atoms with Gasteiger partial charge in [-0.15, -0.1) is 0 Å². The van der Waals surface area contributed by atoms with E-state index in [9.17, 15) is 5.11 Å². The third-order valence-corrected chi connectivity index (χ3v) is 3.17. The van der Waals surface area contributed by atoms with Crippen molar-refractivity contribution in [2.75, 3.05) is 0 Å². The Bertz CT molecular complexity index is 304. The summed E-state index contributed by atoms with van der Waals surface area (Å²) >= 11 is 0. The lowest BCUT2D eigenvalue weighted by Gasteiger charge is -2.14. The molecular formula is C12H18N2O. The number of aromatic nitrogens is 2. The standard InChI is InChI=1S/C12H18N2O/c1-9-7-14-11(8-13-9)12(15)6-10-4-2-3-5-10/h7-8,10,12,15H,2-6H2,1H3. The normalized spacial score (nSPS) is 19.3. The summed E-state index contributed by atoms with van der Waals surface area (Å²) in [6, 6.07) is 0. The molecule has 1 aromatic rings. The molecule has 1 aliphatic rings. The maximum absolute atomic E-state index is 9.97. The summed E-state index contributed by atoms with van der Waals surface area (Å²) in [6.07, 6.45) is 8.97. The van der Waals surface area contributed by atoms with Crippen LogP contribution in [0.5, 0.6) is 0 Å². The van der Waals surface area contributed by atoms with Gasteiger partial charge in [-0.3, -0.25) is 9.97 Å². The van der Waals surface area contributed by atoms with Gasteiger partial charge in [0, 0.05) is 6.20 Å². The van der Waals surface area contributed by atoms with Crippen LogP contribution in [0.3, 0.4) is 0 Å². The number of rotatable bonds is 3. The van der Waals surface area contributed by atoms with Crippen molar-refractivity contribution in [1.82, 2.24) is 9.97 Å². The summed E-state index contributed by atoms with van der Waals surface area (Å²) in [4.78, 5) is 8.36. The van der Waals surface area contributed by atoms with Crippen molar-refractivity contribution >= 4 is 0 Å². The molecule has 1 N–H and O–H groups in total. The molecule has 15 heavy (non-hydrogen) atoms. The molecule has 82 valence electrons. The van der Waals surface area contributed by atoms with Gasteiger partial charge in [-0.05, 0) is 19.3 Å². The second-order valence-electron chi connectivity index (χ2n) is 4.48. The lowest BCUT2D eigenvalue weighted by molar-refractivity contribution is 0.140. The Morgan fingerprint density at radius 2 is 2.07 bits per heavy atom. The van der Waals surface area contributed by atoms with Crippen LogP contribution >= 0.6 is 0 Å². The van der Waals surface area contributed by atoms with Crippen LogP contribution in [0, 0.1) is 12.8 Å². The first-order chi connectivity index (χ1) is 7.25. The van der Waals surface area contributed by atoms with Crippen molar-refractivity contribution in [3.8, 4) is 0 Å². The van der Waals surface area contributed by atoms with Crippen molar-refractivity contribution in [1.29, 1.82) is 0 Å². The second kappa shape index (κ2) is 4.71. The van der Waals surface area contributed by atoms with E-state index in [1.165, 1.54) is 25.7 Å². The minimum Gasteiger partial charge on any atom is -0.387 e. The van der Waals surface area contributed by atoms with Gasteiger partial charge in [0.05, 0.1) is 23.7 Å². The van der Waals surface area contributed by atoms with Gasteiger partial charge in [0.2, 0.25) is 0 Å². The van der Waals surface area contributed by atoms with Gasteiger partial charge in [-0.25, -0.2) is 0 Å². The molecule has 1 aromatic heterocycles. The zero-order chi connectivity index (χ0) is 10.7. The molecule has 1 fully saturated rings. The average molecular weight is 206 g/mol. The summed E-state index contributed by atoms with van der Waals surface area (Å²) < 4.78 is 0. The first-order valence-corrected chi connectivity index (χ1v) is 5.72. The summed E-state index contributed by atoms with van der Waals surface area (Å²) in [5, 5.41) is 9.97. The van der Waals surface area contributed by atoms with E-state index in [0.29, 0.717) is 11.6 Å². The number of hydrogen-bond acceptors (Lipinski definition) is 3. The van der Waals surface area contributed by atoms with E-state index in [1.54, 1.807) is 12.4 Å². The topological polar surface area (TPSA) is 46.0 Å². The quantitative estimate of drug-likeness (QED) is 0.826. The Hall–Kier alpha value is -0.960. The number of aliphatic hydroxyl groups excluding tert-OH is 1. The molecule has 1 atom stereocenters. The fourth-order valence-electron chi connectivity index (χ4n) is 2.26. The van der Waals surface area contributed by atoms with Crippen molar-refractivity contribution < 1.29 is 5.11 Å². The highest BCUT2D eigenvalue weighted by molar-refractivity contribution is 5.03. The Balaban J connectivity index is 1.94. The first-order valence-electron chi connectivity index (χ1n) is 5.72. The molecule has 0 spiro atoms. The number of aliphatic hydroxyl groups is 1. The van der Waals surface area contributed by atoms with E-state index in [-0.39, 0.29) is 0 Å². The monoisotopic (exact) mass is 206 g/mol. The predicted molar refractivity (Wildman–Crippen MR) is 58.3 cm³/mol. The molecule has 3 nitrogen and oxygen atoms in total. The number of nitrogens with zero attached hydrogens (tertiary/aromatic N) is 2. The van der Waals surface area contributed by atoms with Gasteiger partial charge in [-0.2, -0.15) is 0 Å². The molecule has 3 heteroatoms. The Kier molecular flexibility index (Phi) is 3.31.